The smallest absolute Gasteiger partial charge is 0.126 e. The quantitative estimate of drug-likeness (QED) is 0.809. The highest BCUT2D eigenvalue weighted by molar-refractivity contribution is 5.18. The molecule has 0 radical (unpaired) electrons. The first-order valence-electron chi connectivity index (χ1n) is 7.61. The van der Waals surface area contributed by atoms with Gasteiger partial charge in [-0.2, -0.15) is 5.10 Å². The molecule has 0 amide bonds. The zero-order valence-electron chi connectivity index (χ0n) is 12.8. The van der Waals surface area contributed by atoms with Crippen LogP contribution in [0.15, 0.2) is 36.5 Å². The summed E-state index contributed by atoms with van der Waals surface area (Å²) in [6.45, 7) is 3.96. The van der Waals surface area contributed by atoms with E-state index in [0.29, 0.717) is 5.92 Å². The van der Waals surface area contributed by atoms with Crippen LogP contribution in [0.1, 0.15) is 24.6 Å². The molecule has 1 heterocycles. The maximum absolute atomic E-state index is 13.8. The van der Waals surface area contributed by atoms with E-state index in [-0.39, 0.29) is 5.82 Å². The van der Waals surface area contributed by atoms with Crippen LogP contribution in [0.3, 0.4) is 0 Å². The molecule has 0 spiro atoms. The molecule has 0 aliphatic rings. The van der Waals surface area contributed by atoms with Crippen molar-refractivity contribution in [1.29, 1.82) is 0 Å². The van der Waals surface area contributed by atoms with Crippen LogP contribution in [0.25, 0.3) is 0 Å². The zero-order chi connectivity index (χ0) is 15.1. The number of halogens is 1. The molecule has 21 heavy (non-hydrogen) atoms. The van der Waals surface area contributed by atoms with Crippen molar-refractivity contribution in [1.82, 2.24) is 15.1 Å². The van der Waals surface area contributed by atoms with E-state index in [1.54, 1.807) is 12.1 Å². The molecule has 2 rings (SSSR count). The van der Waals surface area contributed by atoms with Gasteiger partial charge < -0.3 is 5.32 Å². The van der Waals surface area contributed by atoms with Crippen molar-refractivity contribution in [3.8, 4) is 0 Å². The van der Waals surface area contributed by atoms with Crippen LogP contribution in [0.2, 0.25) is 0 Å². The van der Waals surface area contributed by atoms with E-state index in [9.17, 15) is 4.39 Å². The lowest BCUT2D eigenvalue weighted by molar-refractivity contribution is 0.436. The van der Waals surface area contributed by atoms with Gasteiger partial charge in [0, 0.05) is 18.9 Å². The van der Waals surface area contributed by atoms with E-state index in [1.807, 2.05) is 36.1 Å². The number of nitrogens with zero attached hydrogens (tertiary/aromatic N) is 2. The van der Waals surface area contributed by atoms with Crippen molar-refractivity contribution in [2.45, 2.75) is 26.2 Å². The number of rotatable bonds is 8. The Labute approximate surface area is 126 Å². The molecule has 1 N–H and O–H groups in total. The van der Waals surface area contributed by atoms with Gasteiger partial charge in [-0.05, 0) is 56.0 Å². The fourth-order valence-electron chi connectivity index (χ4n) is 2.60. The van der Waals surface area contributed by atoms with E-state index >= 15 is 0 Å². The van der Waals surface area contributed by atoms with Gasteiger partial charge in [0.05, 0.1) is 0 Å². The van der Waals surface area contributed by atoms with Crippen molar-refractivity contribution in [3.63, 3.8) is 0 Å². The summed E-state index contributed by atoms with van der Waals surface area (Å²) < 4.78 is 15.7. The Bertz CT molecular complexity index is 550. The minimum absolute atomic E-state index is 0.0977. The summed E-state index contributed by atoms with van der Waals surface area (Å²) in [6, 6.07) is 9.13. The van der Waals surface area contributed by atoms with Crippen LogP contribution in [0, 0.1) is 11.7 Å². The molecular weight excluding hydrogens is 265 g/mol. The Hall–Kier alpha value is -1.68. The summed E-state index contributed by atoms with van der Waals surface area (Å²) in [7, 11) is 1.96. The molecule has 0 aliphatic heterocycles. The average molecular weight is 289 g/mol. The van der Waals surface area contributed by atoms with E-state index in [1.165, 1.54) is 5.69 Å². The minimum Gasteiger partial charge on any atom is -0.317 e. The summed E-state index contributed by atoms with van der Waals surface area (Å²) in [4.78, 5) is 0. The average Bonchev–Trinajstić information content (AvgIpc) is 2.89. The number of nitrogens with one attached hydrogen (secondary N) is 1. The maximum Gasteiger partial charge on any atom is 0.126 e. The molecular formula is C17H24FN3. The maximum atomic E-state index is 13.8. The Morgan fingerprint density at radius 3 is 2.76 bits per heavy atom. The highest BCUT2D eigenvalue weighted by Gasteiger charge is 2.13. The number of aryl methyl sites for hydroxylation is 2. The van der Waals surface area contributed by atoms with Gasteiger partial charge in [0.1, 0.15) is 5.82 Å². The molecule has 0 saturated carbocycles. The van der Waals surface area contributed by atoms with Crippen LogP contribution in [0.5, 0.6) is 0 Å². The lowest BCUT2D eigenvalue weighted by Crippen LogP contribution is -2.25. The first-order chi connectivity index (χ1) is 10.2. The molecule has 0 aliphatic carbocycles. The van der Waals surface area contributed by atoms with E-state index in [0.717, 1.165) is 37.9 Å². The predicted octanol–water partition coefficient (Wildman–Crippen LogP) is 2.96. The largest absolute Gasteiger partial charge is 0.317 e. The second kappa shape index (κ2) is 7.93. The number of hydrogen-bond donors (Lipinski definition) is 1. The standard InChI is InChI=1S/C17H24FN3/c1-3-19-13-14(8-9-16-10-11-20-21(16)2)12-15-6-4-5-7-17(15)18/h4-7,10-11,14,19H,3,8-9,12-13H2,1-2H3. The van der Waals surface area contributed by atoms with Crippen molar-refractivity contribution in [3.05, 3.63) is 53.6 Å². The van der Waals surface area contributed by atoms with Gasteiger partial charge in [0.15, 0.2) is 0 Å². The van der Waals surface area contributed by atoms with Crippen LogP contribution >= 0.6 is 0 Å². The van der Waals surface area contributed by atoms with Gasteiger partial charge >= 0.3 is 0 Å². The minimum atomic E-state index is -0.0977. The third kappa shape index (κ3) is 4.67. The molecule has 1 aromatic heterocycles. The Morgan fingerprint density at radius 2 is 2.10 bits per heavy atom. The van der Waals surface area contributed by atoms with E-state index < -0.39 is 0 Å². The van der Waals surface area contributed by atoms with Gasteiger partial charge in [-0.15, -0.1) is 0 Å². The normalized spacial score (nSPS) is 12.5. The van der Waals surface area contributed by atoms with Gasteiger partial charge in [0.2, 0.25) is 0 Å². The molecule has 0 saturated heterocycles. The highest BCUT2D eigenvalue weighted by atomic mass is 19.1. The van der Waals surface area contributed by atoms with Crippen LogP contribution in [0.4, 0.5) is 4.39 Å². The SMILES string of the molecule is CCNCC(CCc1ccnn1C)Cc1ccccc1F. The molecule has 0 bridgehead atoms. The Balaban J connectivity index is 1.97. The number of benzene rings is 1. The predicted molar refractivity (Wildman–Crippen MR) is 83.7 cm³/mol. The summed E-state index contributed by atoms with van der Waals surface area (Å²) in [6.07, 6.45) is 4.60. The first-order valence-corrected chi connectivity index (χ1v) is 7.61. The highest BCUT2D eigenvalue weighted by Crippen LogP contribution is 2.17. The third-order valence-electron chi connectivity index (χ3n) is 3.88. The van der Waals surface area contributed by atoms with E-state index in [4.69, 9.17) is 0 Å². The molecule has 114 valence electrons. The van der Waals surface area contributed by atoms with E-state index in [2.05, 4.69) is 17.3 Å². The molecule has 0 fully saturated rings. The van der Waals surface area contributed by atoms with Crippen molar-refractivity contribution in [2.24, 2.45) is 13.0 Å². The summed E-state index contributed by atoms with van der Waals surface area (Å²) in [5, 5.41) is 7.58. The van der Waals surface area contributed by atoms with Crippen LogP contribution in [-0.2, 0) is 19.9 Å². The Kier molecular flexibility index (Phi) is 5.93. The summed E-state index contributed by atoms with van der Waals surface area (Å²) >= 11 is 0. The zero-order valence-corrected chi connectivity index (χ0v) is 12.8. The van der Waals surface area contributed by atoms with Crippen LogP contribution in [-0.4, -0.2) is 22.9 Å². The van der Waals surface area contributed by atoms with Crippen molar-refractivity contribution < 1.29 is 4.39 Å². The monoisotopic (exact) mass is 289 g/mol. The lowest BCUT2D eigenvalue weighted by atomic mass is 9.93. The van der Waals surface area contributed by atoms with Crippen LogP contribution < -0.4 is 5.32 Å². The van der Waals surface area contributed by atoms with Gasteiger partial charge in [-0.25, -0.2) is 4.39 Å². The third-order valence-corrected chi connectivity index (χ3v) is 3.88. The van der Waals surface area contributed by atoms with Gasteiger partial charge in [-0.3, -0.25) is 4.68 Å². The molecule has 4 heteroatoms. The second-order valence-corrected chi connectivity index (χ2v) is 5.45. The summed E-state index contributed by atoms with van der Waals surface area (Å²) in [5.41, 5.74) is 2.04. The van der Waals surface area contributed by atoms with Crippen molar-refractivity contribution >= 4 is 0 Å². The summed E-state index contributed by atoms with van der Waals surface area (Å²) in [5.74, 6) is 0.330. The topological polar surface area (TPSA) is 29.9 Å². The first kappa shape index (κ1) is 15.7. The Morgan fingerprint density at radius 1 is 1.29 bits per heavy atom. The lowest BCUT2D eigenvalue weighted by Gasteiger charge is -2.18. The number of aromatic nitrogens is 2. The number of hydrogen-bond acceptors (Lipinski definition) is 2. The molecule has 1 aromatic carbocycles. The molecule has 2 aromatic rings. The van der Waals surface area contributed by atoms with Crippen molar-refractivity contribution in [2.75, 3.05) is 13.1 Å². The van der Waals surface area contributed by atoms with Gasteiger partial charge in [-0.1, -0.05) is 25.1 Å². The second-order valence-electron chi connectivity index (χ2n) is 5.45. The fraction of sp³-hybridized carbons (Fsp3) is 0.471. The molecule has 3 nitrogen and oxygen atoms in total. The van der Waals surface area contributed by atoms with Gasteiger partial charge in [0.25, 0.3) is 0 Å². The fourth-order valence-corrected chi connectivity index (χ4v) is 2.60. The molecule has 1 atom stereocenters. The molecule has 1 unspecified atom stereocenters.